The van der Waals surface area contributed by atoms with Crippen molar-refractivity contribution in [1.29, 1.82) is 0 Å². The number of hydrogen-bond acceptors (Lipinski definition) is 5. The summed E-state index contributed by atoms with van der Waals surface area (Å²) in [5.74, 6) is -0.924. The number of aromatic nitrogens is 1. The summed E-state index contributed by atoms with van der Waals surface area (Å²) in [6.45, 7) is 2.26. The van der Waals surface area contributed by atoms with Crippen LogP contribution in [0.5, 0.6) is 0 Å². The van der Waals surface area contributed by atoms with Gasteiger partial charge in [-0.3, -0.25) is 4.79 Å². The average Bonchev–Trinajstić information content (AvgIpc) is 2.67. The fourth-order valence-electron chi connectivity index (χ4n) is 2.62. The van der Waals surface area contributed by atoms with Crippen LogP contribution in [0.4, 0.5) is 28.9 Å². The molecule has 10 heteroatoms. The third kappa shape index (κ3) is 5.35. The van der Waals surface area contributed by atoms with E-state index in [1.54, 1.807) is 12.1 Å². The van der Waals surface area contributed by atoms with Gasteiger partial charge in [-0.05, 0) is 30.3 Å². The first-order chi connectivity index (χ1) is 13.3. The fraction of sp³-hybridized carbons (Fsp3) is 0.333. The van der Waals surface area contributed by atoms with Gasteiger partial charge in [0.15, 0.2) is 0 Å². The summed E-state index contributed by atoms with van der Waals surface area (Å²) in [5, 5.41) is 2.86. The van der Waals surface area contributed by atoms with Gasteiger partial charge in [0.05, 0.1) is 35.2 Å². The van der Waals surface area contributed by atoms with E-state index in [-0.39, 0.29) is 10.8 Å². The molecular weight excluding hydrogens is 398 g/mol. The molecule has 150 valence electrons. The lowest BCUT2D eigenvalue weighted by Crippen LogP contribution is -2.36. The Labute approximate surface area is 163 Å². The number of benzene rings is 1. The van der Waals surface area contributed by atoms with Crippen LogP contribution in [0.15, 0.2) is 41.6 Å². The van der Waals surface area contributed by atoms with Crippen LogP contribution in [0.2, 0.25) is 0 Å². The van der Waals surface area contributed by atoms with Crippen molar-refractivity contribution in [3.8, 4) is 0 Å². The minimum atomic E-state index is -4.45. The Balaban J connectivity index is 1.54. The van der Waals surface area contributed by atoms with E-state index in [4.69, 9.17) is 4.74 Å². The molecule has 0 unspecified atom stereocenters. The zero-order chi connectivity index (χ0) is 20.1. The number of thioether (sulfide) groups is 1. The first-order valence-corrected chi connectivity index (χ1v) is 9.39. The predicted molar refractivity (Wildman–Crippen MR) is 98.0 cm³/mol. The van der Waals surface area contributed by atoms with Crippen LogP contribution in [-0.2, 0) is 15.7 Å². The first kappa shape index (κ1) is 20.4. The molecule has 0 spiro atoms. The second-order valence-corrected chi connectivity index (χ2v) is 6.98. The largest absolute Gasteiger partial charge is 0.417 e. The highest BCUT2D eigenvalue weighted by molar-refractivity contribution is 7.99. The molecule has 2 aromatic rings. The third-order valence-corrected chi connectivity index (χ3v) is 4.94. The molecule has 2 heterocycles. The Morgan fingerprint density at radius 3 is 2.57 bits per heavy atom. The van der Waals surface area contributed by atoms with Gasteiger partial charge >= 0.3 is 6.18 Å². The quantitative estimate of drug-likeness (QED) is 0.595. The Kier molecular flexibility index (Phi) is 6.40. The molecule has 3 rings (SSSR count). The standard InChI is InChI=1S/C18H17F4N3O2S/c19-14-9-13(2-3-15(14)25-5-7-27-8-6-25)24-16(26)11-28-17-4-1-12(10-23-17)18(20,21)22/h1-4,9-10H,5-8,11H2,(H,24,26). The topological polar surface area (TPSA) is 54.5 Å². The maximum absolute atomic E-state index is 14.3. The lowest BCUT2D eigenvalue weighted by Gasteiger charge is -2.29. The van der Waals surface area contributed by atoms with Gasteiger partial charge in [0.1, 0.15) is 5.82 Å². The minimum absolute atomic E-state index is 0.0643. The number of carbonyl (C=O) groups excluding carboxylic acids is 1. The second-order valence-electron chi connectivity index (χ2n) is 5.99. The maximum Gasteiger partial charge on any atom is 0.417 e. The summed E-state index contributed by atoms with van der Waals surface area (Å²) in [6.07, 6.45) is -3.73. The SMILES string of the molecule is O=C(CSc1ccc(C(F)(F)F)cn1)Nc1ccc(N2CCOCC2)c(F)c1. The number of amides is 1. The number of nitrogens with zero attached hydrogens (tertiary/aromatic N) is 2. The number of anilines is 2. The number of carbonyl (C=O) groups is 1. The summed E-state index contributed by atoms with van der Waals surface area (Å²) in [7, 11) is 0. The monoisotopic (exact) mass is 415 g/mol. The predicted octanol–water partition coefficient (Wildman–Crippen LogP) is 3.81. The second kappa shape index (κ2) is 8.78. The highest BCUT2D eigenvalue weighted by Gasteiger charge is 2.30. The Hall–Kier alpha value is -2.33. The molecule has 1 aliphatic rings. The number of nitrogens with one attached hydrogen (secondary N) is 1. The van der Waals surface area contributed by atoms with Gasteiger partial charge in [-0.1, -0.05) is 11.8 Å². The number of ether oxygens (including phenoxy) is 1. The van der Waals surface area contributed by atoms with E-state index < -0.39 is 23.5 Å². The van der Waals surface area contributed by atoms with Gasteiger partial charge in [-0.15, -0.1) is 0 Å². The zero-order valence-corrected chi connectivity index (χ0v) is 15.4. The van der Waals surface area contributed by atoms with Crippen LogP contribution in [0, 0.1) is 5.82 Å². The van der Waals surface area contributed by atoms with E-state index in [1.165, 1.54) is 12.1 Å². The van der Waals surface area contributed by atoms with Gasteiger partial charge in [0.25, 0.3) is 0 Å². The smallest absolute Gasteiger partial charge is 0.378 e. The van der Waals surface area contributed by atoms with Crippen molar-refractivity contribution in [2.45, 2.75) is 11.2 Å². The summed E-state index contributed by atoms with van der Waals surface area (Å²) in [5.41, 5.74) is -0.0951. The third-order valence-electron chi connectivity index (χ3n) is 4.00. The van der Waals surface area contributed by atoms with Crippen LogP contribution in [0.1, 0.15) is 5.56 Å². The summed E-state index contributed by atoms with van der Waals surface area (Å²) in [4.78, 5) is 17.6. The van der Waals surface area contributed by atoms with E-state index in [0.717, 1.165) is 24.0 Å². The molecule has 0 aliphatic carbocycles. The minimum Gasteiger partial charge on any atom is -0.378 e. The molecule has 1 fully saturated rings. The molecule has 0 radical (unpaired) electrons. The van der Waals surface area contributed by atoms with E-state index in [0.29, 0.717) is 37.7 Å². The van der Waals surface area contributed by atoms with Crippen molar-refractivity contribution in [2.75, 3.05) is 42.3 Å². The normalized spacial score (nSPS) is 14.8. The number of hydrogen-bond donors (Lipinski definition) is 1. The van der Waals surface area contributed by atoms with Crippen LogP contribution in [-0.4, -0.2) is 42.9 Å². The molecule has 5 nitrogen and oxygen atoms in total. The van der Waals surface area contributed by atoms with Crippen molar-refractivity contribution in [3.63, 3.8) is 0 Å². The average molecular weight is 415 g/mol. The van der Waals surface area contributed by atoms with Gasteiger partial charge in [-0.25, -0.2) is 9.37 Å². The van der Waals surface area contributed by atoms with E-state index in [2.05, 4.69) is 10.3 Å². The number of halogens is 4. The summed E-state index contributed by atoms with van der Waals surface area (Å²) < 4.78 is 57.1. The molecule has 1 aromatic heterocycles. The maximum atomic E-state index is 14.3. The molecule has 0 atom stereocenters. The van der Waals surface area contributed by atoms with Gasteiger partial charge in [0.2, 0.25) is 5.91 Å². The zero-order valence-electron chi connectivity index (χ0n) is 14.6. The van der Waals surface area contributed by atoms with Crippen molar-refractivity contribution >= 4 is 29.0 Å². The van der Waals surface area contributed by atoms with Gasteiger partial charge < -0.3 is 15.0 Å². The summed E-state index contributed by atoms with van der Waals surface area (Å²) in [6, 6.07) is 6.56. The van der Waals surface area contributed by atoms with E-state index in [1.807, 2.05) is 4.90 Å². The van der Waals surface area contributed by atoms with Crippen molar-refractivity contribution in [2.24, 2.45) is 0 Å². The highest BCUT2D eigenvalue weighted by Crippen LogP contribution is 2.29. The van der Waals surface area contributed by atoms with Gasteiger partial charge in [0, 0.05) is 25.0 Å². The van der Waals surface area contributed by atoms with Gasteiger partial charge in [-0.2, -0.15) is 13.2 Å². The molecule has 0 saturated carbocycles. The van der Waals surface area contributed by atoms with Crippen molar-refractivity contribution in [3.05, 3.63) is 47.9 Å². The van der Waals surface area contributed by atoms with Crippen LogP contribution >= 0.6 is 11.8 Å². The van der Waals surface area contributed by atoms with Crippen LogP contribution < -0.4 is 10.2 Å². The molecule has 1 aliphatic heterocycles. The first-order valence-electron chi connectivity index (χ1n) is 8.41. The Bertz CT molecular complexity index is 825. The number of alkyl halides is 3. The molecule has 1 aromatic carbocycles. The Morgan fingerprint density at radius 1 is 1.21 bits per heavy atom. The number of rotatable bonds is 5. The lowest BCUT2D eigenvalue weighted by molar-refractivity contribution is -0.137. The highest BCUT2D eigenvalue weighted by atomic mass is 32.2. The van der Waals surface area contributed by atoms with Crippen molar-refractivity contribution in [1.82, 2.24) is 4.98 Å². The molecule has 28 heavy (non-hydrogen) atoms. The number of pyridine rings is 1. The van der Waals surface area contributed by atoms with E-state index in [9.17, 15) is 22.4 Å². The van der Waals surface area contributed by atoms with E-state index >= 15 is 0 Å². The summed E-state index contributed by atoms with van der Waals surface area (Å²) >= 11 is 0.991. The molecular formula is C18H17F4N3O2S. The fourth-order valence-corrected chi connectivity index (χ4v) is 3.26. The lowest BCUT2D eigenvalue weighted by atomic mass is 10.2. The Morgan fingerprint density at radius 2 is 1.96 bits per heavy atom. The molecule has 0 bridgehead atoms. The molecule has 1 N–H and O–H groups in total. The van der Waals surface area contributed by atoms with Crippen LogP contribution in [0.3, 0.4) is 0 Å². The van der Waals surface area contributed by atoms with Crippen LogP contribution in [0.25, 0.3) is 0 Å². The molecule has 1 amide bonds. The molecule has 1 saturated heterocycles. The van der Waals surface area contributed by atoms with Crippen molar-refractivity contribution < 1.29 is 27.1 Å². The number of morpholine rings is 1.